The average Bonchev–Trinajstić information content (AvgIpc) is 2.36. The van der Waals surface area contributed by atoms with Crippen LogP contribution in [0.5, 0.6) is 0 Å². The lowest BCUT2D eigenvalue weighted by molar-refractivity contribution is -0.122. The maximum Gasteiger partial charge on any atom is 0.269 e. The predicted molar refractivity (Wildman–Crippen MR) is 72.6 cm³/mol. The van der Waals surface area contributed by atoms with Crippen LogP contribution in [0, 0.1) is 5.92 Å². The molecule has 6 heteroatoms. The van der Waals surface area contributed by atoms with Gasteiger partial charge in [0.05, 0.1) is 0 Å². The van der Waals surface area contributed by atoms with Gasteiger partial charge in [0, 0.05) is 11.5 Å². The van der Waals surface area contributed by atoms with Gasteiger partial charge in [-0.25, -0.2) is 0 Å². The van der Waals surface area contributed by atoms with Crippen LogP contribution in [0.25, 0.3) is 0 Å². The van der Waals surface area contributed by atoms with E-state index in [1.165, 1.54) is 0 Å². The topological polar surface area (TPSA) is 70.2 Å². The normalized spacial score (nSPS) is 9.72. The fraction of sp³-hybridized carbons (Fsp3) is 0.250. The molecule has 1 rings (SSSR count). The van der Waals surface area contributed by atoms with Crippen LogP contribution >= 0.6 is 12.2 Å². The second-order valence-electron chi connectivity index (χ2n) is 3.92. The SMILES string of the molecule is CC(C)C(=O)NC(=S)NNC(=O)c1ccccc1. The van der Waals surface area contributed by atoms with Crippen LogP contribution < -0.4 is 16.2 Å². The van der Waals surface area contributed by atoms with E-state index in [9.17, 15) is 9.59 Å². The lowest BCUT2D eigenvalue weighted by Gasteiger charge is -2.11. The summed E-state index contributed by atoms with van der Waals surface area (Å²) in [4.78, 5) is 22.9. The van der Waals surface area contributed by atoms with Gasteiger partial charge in [-0.3, -0.25) is 20.4 Å². The molecule has 0 spiro atoms. The van der Waals surface area contributed by atoms with E-state index >= 15 is 0 Å². The zero-order chi connectivity index (χ0) is 13.5. The highest BCUT2D eigenvalue weighted by atomic mass is 32.1. The number of thiocarbonyl (C=S) groups is 1. The number of carbonyl (C=O) groups is 2. The van der Waals surface area contributed by atoms with Crippen molar-refractivity contribution in [2.24, 2.45) is 5.92 Å². The molecule has 0 radical (unpaired) electrons. The molecule has 0 aliphatic heterocycles. The quantitative estimate of drug-likeness (QED) is 0.550. The molecule has 1 aromatic carbocycles. The van der Waals surface area contributed by atoms with Gasteiger partial charge in [-0.15, -0.1) is 0 Å². The van der Waals surface area contributed by atoms with Gasteiger partial charge in [-0.1, -0.05) is 32.0 Å². The molecule has 2 amide bonds. The number of hydrogen-bond donors (Lipinski definition) is 3. The molecular weight excluding hydrogens is 250 g/mol. The molecule has 18 heavy (non-hydrogen) atoms. The first-order valence-electron chi connectivity index (χ1n) is 5.47. The summed E-state index contributed by atoms with van der Waals surface area (Å²) in [5, 5.41) is 2.52. The van der Waals surface area contributed by atoms with Gasteiger partial charge in [-0.05, 0) is 24.4 Å². The zero-order valence-electron chi connectivity index (χ0n) is 10.2. The highest BCUT2D eigenvalue weighted by Crippen LogP contribution is 1.96. The van der Waals surface area contributed by atoms with E-state index in [1.807, 2.05) is 6.07 Å². The molecular formula is C12H15N3O2S. The molecule has 0 aromatic heterocycles. The van der Waals surface area contributed by atoms with Gasteiger partial charge in [0.15, 0.2) is 5.11 Å². The zero-order valence-corrected chi connectivity index (χ0v) is 11.0. The Morgan fingerprint density at radius 1 is 1.11 bits per heavy atom. The van der Waals surface area contributed by atoms with Crippen LogP contribution in [-0.4, -0.2) is 16.9 Å². The minimum Gasteiger partial charge on any atom is -0.302 e. The number of amides is 2. The summed E-state index contributed by atoms with van der Waals surface area (Å²) in [5.74, 6) is -0.701. The van der Waals surface area contributed by atoms with Gasteiger partial charge in [0.1, 0.15) is 0 Å². The fourth-order valence-corrected chi connectivity index (χ4v) is 1.21. The van der Waals surface area contributed by atoms with Crippen molar-refractivity contribution < 1.29 is 9.59 Å². The Balaban J connectivity index is 2.40. The Morgan fingerprint density at radius 3 is 2.28 bits per heavy atom. The van der Waals surface area contributed by atoms with Crippen LogP contribution in [0.1, 0.15) is 24.2 Å². The van der Waals surface area contributed by atoms with Crippen LogP contribution in [0.15, 0.2) is 30.3 Å². The standard InChI is InChI=1S/C12H15N3O2S/c1-8(2)10(16)13-12(18)15-14-11(17)9-6-4-3-5-7-9/h3-8H,1-2H3,(H,14,17)(H2,13,15,16,18). The maximum atomic E-state index is 11.6. The number of carbonyl (C=O) groups excluding carboxylic acids is 2. The average molecular weight is 265 g/mol. The van der Waals surface area contributed by atoms with E-state index in [0.29, 0.717) is 5.56 Å². The molecule has 0 aliphatic carbocycles. The minimum atomic E-state index is -0.322. The molecule has 0 saturated heterocycles. The molecule has 5 nitrogen and oxygen atoms in total. The number of rotatable bonds is 2. The molecule has 0 fully saturated rings. The van der Waals surface area contributed by atoms with Crippen LogP contribution in [-0.2, 0) is 4.79 Å². The van der Waals surface area contributed by atoms with Crippen molar-refractivity contribution in [1.29, 1.82) is 0 Å². The van der Waals surface area contributed by atoms with E-state index in [2.05, 4.69) is 16.2 Å². The number of benzene rings is 1. The van der Waals surface area contributed by atoms with Crippen molar-refractivity contribution in [2.75, 3.05) is 0 Å². The molecule has 0 bridgehead atoms. The Hall–Kier alpha value is -1.95. The molecule has 3 N–H and O–H groups in total. The second kappa shape index (κ2) is 6.70. The smallest absolute Gasteiger partial charge is 0.269 e. The Kier molecular flexibility index (Phi) is 5.26. The molecule has 1 aromatic rings. The van der Waals surface area contributed by atoms with E-state index in [0.717, 1.165) is 0 Å². The van der Waals surface area contributed by atoms with Gasteiger partial charge < -0.3 is 5.32 Å². The van der Waals surface area contributed by atoms with Crippen molar-refractivity contribution in [3.8, 4) is 0 Å². The number of nitrogens with one attached hydrogen (secondary N) is 3. The van der Waals surface area contributed by atoms with Crippen molar-refractivity contribution in [1.82, 2.24) is 16.2 Å². The summed E-state index contributed by atoms with van der Waals surface area (Å²) >= 11 is 4.86. The lowest BCUT2D eigenvalue weighted by atomic mass is 10.2. The molecule has 0 heterocycles. The minimum absolute atomic E-state index is 0.0676. The molecule has 0 aliphatic rings. The molecule has 0 saturated carbocycles. The first kappa shape index (κ1) is 14.1. The first-order valence-corrected chi connectivity index (χ1v) is 5.87. The number of hydrazine groups is 1. The second-order valence-corrected chi connectivity index (χ2v) is 4.33. The molecule has 0 unspecified atom stereocenters. The van der Waals surface area contributed by atoms with Crippen LogP contribution in [0.4, 0.5) is 0 Å². The Bertz CT molecular complexity index is 446. The first-order chi connectivity index (χ1) is 8.50. The monoisotopic (exact) mass is 265 g/mol. The third-order valence-electron chi connectivity index (χ3n) is 2.09. The molecule has 96 valence electrons. The van der Waals surface area contributed by atoms with E-state index in [-0.39, 0.29) is 22.8 Å². The summed E-state index contributed by atoms with van der Waals surface area (Å²) in [6.07, 6.45) is 0. The van der Waals surface area contributed by atoms with Gasteiger partial charge in [-0.2, -0.15) is 0 Å². The van der Waals surface area contributed by atoms with E-state index in [1.54, 1.807) is 38.1 Å². The fourth-order valence-electron chi connectivity index (χ4n) is 1.06. The summed E-state index contributed by atoms with van der Waals surface area (Å²) in [5.41, 5.74) is 5.37. The highest BCUT2D eigenvalue weighted by Gasteiger charge is 2.09. The van der Waals surface area contributed by atoms with E-state index < -0.39 is 0 Å². The number of hydrogen-bond acceptors (Lipinski definition) is 3. The molecule has 0 atom stereocenters. The van der Waals surface area contributed by atoms with Gasteiger partial charge in [0.2, 0.25) is 5.91 Å². The summed E-state index contributed by atoms with van der Waals surface area (Å²) in [6, 6.07) is 8.68. The van der Waals surface area contributed by atoms with Crippen molar-refractivity contribution >= 4 is 29.1 Å². The Morgan fingerprint density at radius 2 is 1.72 bits per heavy atom. The summed E-state index contributed by atoms with van der Waals surface area (Å²) in [7, 11) is 0. The van der Waals surface area contributed by atoms with Crippen LogP contribution in [0.3, 0.4) is 0 Å². The van der Waals surface area contributed by atoms with Gasteiger partial charge in [0.25, 0.3) is 5.91 Å². The van der Waals surface area contributed by atoms with Crippen molar-refractivity contribution in [2.45, 2.75) is 13.8 Å². The predicted octanol–water partition coefficient (Wildman–Crippen LogP) is 0.978. The maximum absolute atomic E-state index is 11.6. The summed E-state index contributed by atoms with van der Waals surface area (Å²) < 4.78 is 0. The third kappa shape index (κ3) is 4.50. The van der Waals surface area contributed by atoms with Crippen LogP contribution in [0.2, 0.25) is 0 Å². The van der Waals surface area contributed by atoms with Gasteiger partial charge >= 0.3 is 0 Å². The third-order valence-corrected chi connectivity index (χ3v) is 2.29. The van der Waals surface area contributed by atoms with E-state index in [4.69, 9.17) is 12.2 Å². The van der Waals surface area contributed by atoms with Crippen molar-refractivity contribution in [3.63, 3.8) is 0 Å². The largest absolute Gasteiger partial charge is 0.302 e. The highest BCUT2D eigenvalue weighted by molar-refractivity contribution is 7.80. The Labute approximate surface area is 111 Å². The summed E-state index contributed by atoms with van der Waals surface area (Å²) in [6.45, 7) is 3.50. The lowest BCUT2D eigenvalue weighted by Crippen LogP contribution is -2.49. The van der Waals surface area contributed by atoms with Crippen molar-refractivity contribution in [3.05, 3.63) is 35.9 Å².